The molecule has 0 aromatic heterocycles. The molecular formula is C28H38N4O. The maximum absolute atomic E-state index is 13.1. The fourth-order valence-corrected chi connectivity index (χ4v) is 5.55. The second-order valence-electron chi connectivity index (χ2n) is 10.4. The number of nitrogens with one attached hydrogen (secondary N) is 2. The van der Waals surface area contributed by atoms with E-state index in [1.807, 2.05) is 6.92 Å². The van der Waals surface area contributed by atoms with Crippen LogP contribution in [0.4, 0.5) is 0 Å². The summed E-state index contributed by atoms with van der Waals surface area (Å²) in [4.78, 5) is 17.3. The largest absolute Gasteiger partial charge is 0.342 e. The van der Waals surface area contributed by atoms with E-state index in [2.05, 4.69) is 84.7 Å². The second-order valence-corrected chi connectivity index (χ2v) is 10.4. The minimum atomic E-state index is -0.634. The lowest BCUT2D eigenvalue weighted by molar-refractivity contribution is -0.131. The van der Waals surface area contributed by atoms with Crippen molar-refractivity contribution in [3.05, 3.63) is 71.8 Å². The van der Waals surface area contributed by atoms with Gasteiger partial charge in [-0.3, -0.25) is 15.1 Å². The third-order valence-corrected chi connectivity index (χ3v) is 7.19. The molecule has 33 heavy (non-hydrogen) atoms. The monoisotopic (exact) mass is 446 g/mol. The van der Waals surface area contributed by atoms with Crippen LogP contribution in [-0.4, -0.2) is 53.4 Å². The molecule has 1 unspecified atom stereocenters. The predicted octanol–water partition coefficient (Wildman–Crippen LogP) is 4.70. The molecule has 0 bridgehead atoms. The topological polar surface area (TPSA) is 59.4 Å². The van der Waals surface area contributed by atoms with Crippen LogP contribution in [0.2, 0.25) is 0 Å². The SMILES string of the molecule is CC(C)CC1(C)NC(=N)N(CC2CCN(CC(c3ccccc3)c3ccccc3)CC2)C1=O. The molecule has 2 fully saturated rings. The zero-order valence-electron chi connectivity index (χ0n) is 20.3. The Morgan fingerprint density at radius 2 is 1.55 bits per heavy atom. The first-order valence-corrected chi connectivity index (χ1v) is 12.4. The summed E-state index contributed by atoms with van der Waals surface area (Å²) in [6.45, 7) is 9.93. The van der Waals surface area contributed by atoms with E-state index in [4.69, 9.17) is 5.41 Å². The number of benzene rings is 2. The number of guanidine groups is 1. The molecule has 0 saturated carbocycles. The van der Waals surface area contributed by atoms with Gasteiger partial charge in [-0.25, -0.2) is 0 Å². The van der Waals surface area contributed by atoms with Crippen molar-refractivity contribution >= 4 is 11.9 Å². The Morgan fingerprint density at radius 3 is 2.06 bits per heavy atom. The lowest BCUT2D eigenvalue weighted by Gasteiger charge is -2.36. The highest BCUT2D eigenvalue weighted by Gasteiger charge is 2.46. The standard InChI is InChI=1S/C28H38N4O/c1-21(2)18-28(3)26(33)32(27(29)30-28)19-22-14-16-31(17-15-22)20-25(23-10-6-4-7-11-23)24-12-8-5-9-13-24/h4-13,21-22,25H,14-20H2,1-3H3,(H2,29,30). The summed E-state index contributed by atoms with van der Waals surface area (Å²) in [7, 11) is 0. The maximum Gasteiger partial charge on any atom is 0.254 e. The molecule has 5 nitrogen and oxygen atoms in total. The van der Waals surface area contributed by atoms with Crippen LogP contribution in [0.3, 0.4) is 0 Å². The number of carbonyl (C=O) groups is 1. The molecule has 1 amide bonds. The van der Waals surface area contributed by atoms with Crippen molar-refractivity contribution in [2.24, 2.45) is 11.8 Å². The molecule has 4 rings (SSSR count). The molecule has 2 aromatic carbocycles. The van der Waals surface area contributed by atoms with Crippen LogP contribution in [0.25, 0.3) is 0 Å². The van der Waals surface area contributed by atoms with Crippen molar-refractivity contribution < 1.29 is 4.79 Å². The quantitative estimate of drug-likeness (QED) is 0.618. The number of hydrogen-bond donors (Lipinski definition) is 2. The van der Waals surface area contributed by atoms with Gasteiger partial charge >= 0.3 is 0 Å². The molecule has 2 N–H and O–H groups in total. The summed E-state index contributed by atoms with van der Waals surface area (Å²) in [6, 6.07) is 21.6. The Kier molecular flexibility index (Phi) is 7.18. The summed E-state index contributed by atoms with van der Waals surface area (Å²) in [6.07, 6.45) is 2.88. The minimum Gasteiger partial charge on any atom is -0.342 e. The van der Waals surface area contributed by atoms with Gasteiger partial charge in [0.2, 0.25) is 0 Å². The zero-order chi connectivity index (χ0) is 23.4. The van der Waals surface area contributed by atoms with E-state index in [1.54, 1.807) is 4.90 Å². The van der Waals surface area contributed by atoms with Crippen LogP contribution in [0, 0.1) is 17.2 Å². The van der Waals surface area contributed by atoms with Crippen LogP contribution in [0.15, 0.2) is 60.7 Å². The fourth-order valence-electron chi connectivity index (χ4n) is 5.55. The van der Waals surface area contributed by atoms with Gasteiger partial charge in [0.1, 0.15) is 5.54 Å². The highest BCUT2D eigenvalue weighted by molar-refractivity contribution is 6.07. The van der Waals surface area contributed by atoms with Crippen LogP contribution >= 0.6 is 0 Å². The number of amides is 1. The van der Waals surface area contributed by atoms with Crippen molar-refractivity contribution in [3.63, 3.8) is 0 Å². The smallest absolute Gasteiger partial charge is 0.254 e. The van der Waals surface area contributed by atoms with Gasteiger partial charge in [-0.2, -0.15) is 0 Å². The van der Waals surface area contributed by atoms with Gasteiger partial charge in [0, 0.05) is 19.0 Å². The van der Waals surface area contributed by atoms with Gasteiger partial charge < -0.3 is 10.2 Å². The fraction of sp³-hybridized carbons (Fsp3) is 0.500. The van der Waals surface area contributed by atoms with Crippen LogP contribution in [0.1, 0.15) is 57.1 Å². The van der Waals surface area contributed by atoms with Crippen molar-refractivity contribution in [2.45, 2.75) is 51.5 Å². The first-order chi connectivity index (χ1) is 15.9. The molecule has 2 aliphatic heterocycles. The van der Waals surface area contributed by atoms with Gasteiger partial charge in [0.25, 0.3) is 5.91 Å². The molecule has 0 aliphatic carbocycles. The number of carbonyl (C=O) groups excluding carboxylic acids is 1. The van der Waals surface area contributed by atoms with Gasteiger partial charge in [-0.15, -0.1) is 0 Å². The molecule has 1 atom stereocenters. The second kappa shape index (κ2) is 10.1. The summed E-state index contributed by atoms with van der Waals surface area (Å²) >= 11 is 0. The molecule has 0 radical (unpaired) electrons. The van der Waals surface area contributed by atoms with Crippen molar-refractivity contribution in [1.29, 1.82) is 5.41 Å². The Balaban J connectivity index is 1.36. The molecule has 5 heteroatoms. The van der Waals surface area contributed by atoms with E-state index in [1.165, 1.54) is 11.1 Å². The van der Waals surface area contributed by atoms with E-state index < -0.39 is 5.54 Å². The van der Waals surface area contributed by atoms with Crippen LogP contribution < -0.4 is 5.32 Å². The van der Waals surface area contributed by atoms with Crippen molar-refractivity contribution in [1.82, 2.24) is 15.1 Å². The summed E-state index contributed by atoms with van der Waals surface area (Å²) in [5, 5.41) is 11.5. The average molecular weight is 447 g/mol. The van der Waals surface area contributed by atoms with E-state index in [9.17, 15) is 4.79 Å². The summed E-state index contributed by atoms with van der Waals surface area (Å²) in [5.41, 5.74) is 2.08. The number of rotatable bonds is 8. The first-order valence-electron chi connectivity index (χ1n) is 12.4. The lowest BCUT2D eigenvalue weighted by Crippen LogP contribution is -2.46. The van der Waals surface area contributed by atoms with Crippen molar-refractivity contribution in [2.75, 3.05) is 26.2 Å². The Bertz CT molecular complexity index is 897. The highest BCUT2D eigenvalue weighted by atomic mass is 16.2. The minimum absolute atomic E-state index is 0.0665. The van der Waals surface area contributed by atoms with E-state index in [0.717, 1.165) is 38.9 Å². The van der Waals surface area contributed by atoms with Gasteiger partial charge in [0.15, 0.2) is 5.96 Å². The molecule has 2 heterocycles. The summed E-state index contributed by atoms with van der Waals surface area (Å²) in [5.74, 6) is 1.55. The van der Waals surface area contributed by atoms with Gasteiger partial charge in [-0.1, -0.05) is 74.5 Å². The third kappa shape index (κ3) is 5.47. The molecular weight excluding hydrogens is 408 g/mol. The zero-order valence-corrected chi connectivity index (χ0v) is 20.3. The maximum atomic E-state index is 13.1. The molecule has 2 aliphatic rings. The first kappa shape index (κ1) is 23.5. The van der Waals surface area contributed by atoms with E-state index in [0.29, 0.717) is 24.3 Å². The average Bonchev–Trinajstić information content (AvgIpc) is 3.01. The van der Waals surface area contributed by atoms with Gasteiger partial charge in [0.05, 0.1) is 0 Å². The number of nitrogens with zero attached hydrogens (tertiary/aromatic N) is 2. The van der Waals surface area contributed by atoms with E-state index in [-0.39, 0.29) is 11.9 Å². The van der Waals surface area contributed by atoms with Gasteiger partial charge in [-0.05, 0) is 62.2 Å². The lowest BCUT2D eigenvalue weighted by atomic mass is 9.89. The number of likely N-dealkylation sites (tertiary alicyclic amines) is 1. The van der Waals surface area contributed by atoms with Crippen LogP contribution in [-0.2, 0) is 4.79 Å². The Morgan fingerprint density at radius 1 is 1.00 bits per heavy atom. The Labute approximate surface area is 198 Å². The number of hydrogen-bond acceptors (Lipinski definition) is 3. The predicted molar refractivity (Wildman–Crippen MR) is 134 cm³/mol. The third-order valence-electron chi connectivity index (χ3n) is 7.19. The summed E-state index contributed by atoms with van der Waals surface area (Å²) < 4.78 is 0. The molecule has 2 aromatic rings. The molecule has 176 valence electrons. The Hall–Kier alpha value is -2.66. The van der Waals surface area contributed by atoms with Crippen LogP contribution in [0.5, 0.6) is 0 Å². The highest BCUT2D eigenvalue weighted by Crippen LogP contribution is 2.30. The number of piperidine rings is 1. The van der Waals surface area contributed by atoms with Crippen molar-refractivity contribution in [3.8, 4) is 0 Å². The van der Waals surface area contributed by atoms with E-state index >= 15 is 0 Å². The normalized spacial score (nSPS) is 22.4. The molecule has 0 spiro atoms. The molecule has 2 saturated heterocycles.